The van der Waals surface area contributed by atoms with E-state index in [0.29, 0.717) is 29.7 Å². The molecule has 2 aliphatic rings. The summed E-state index contributed by atoms with van der Waals surface area (Å²) in [7, 11) is 1.63. The number of aromatic nitrogens is 2. The zero-order valence-corrected chi connectivity index (χ0v) is 13.2. The maximum atomic E-state index is 6.09. The van der Waals surface area contributed by atoms with Gasteiger partial charge in [-0.1, -0.05) is 11.6 Å². The Labute approximate surface area is 130 Å². The van der Waals surface area contributed by atoms with Crippen molar-refractivity contribution in [1.82, 2.24) is 14.9 Å². The summed E-state index contributed by atoms with van der Waals surface area (Å²) in [6, 6.07) is 2.89. The standard InChI is InChI=1S/C14H21ClN4O2/c1-10-6-18(3-4-19(10)11-7-21-8-11)14-5-12(15)16-13(17-14)9-20-2/h5,10-11H,3-4,6-9H2,1-2H3/t10-/m1/s1. The SMILES string of the molecule is COCc1nc(Cl)cc(N2CCN(C3COC3)[C@H](C)C2)n1. The van der Waals surface area contributed by atoms with Gasteiger partial charge in [-0.25, -0.2) is 9.97 Å². The van der Waals surface area contributed by atoms with Gasteiger partial charge in [0.2, 0.25) is 0 Å². The summed E-state index contributed by atoms with van der Waals surface area (Å²) in [6.45, 7) is 7.27. The summed E-state index contributed by atoms with van der Waals surface area (Å²) in [5.41, 5.74) is 0. The van der Waals surface area contributed by atoms with Crippen molar-refractivity contribution in [3.8, 4) is 0 Å². The van der Waals surface area contributed by atoms with Crippen molar-refractivity contribution >= 4 is 17.4 Å². The van der Waals surface area contributed by atoms with Crippen LogP contribution < -0.4 is 4.90 Å². The van der Waals surface area contributed by atoms with E-state index in [1.807, 2.05) is 6.07 Å². The van der Waals surface area contributed by atoms with Gasteiger partial charge in [-0.2, -0.15) is 0 Å². The molecule has 0 aliphatic carbocycles. The Morgan fingerprint density at radius 2 is 2.19 bits per heavy atom. The van der Waals surface area contributed by atoms with E-state index < -0.39 is 0 Å². The van der Waals surface area contributed by atoms with Gasteiger partial charge >= 0.3 is 0 Å². The molecule has 6 nitrogen and oxygen atoms in total. The third-order valence-electron chi connectivity index (χ3n) is 4.09. The first-order valence-corrected chi connectivity index (χ1v) is 7.66. The van der Waals surface area contributed by atoms with Gasteiger partial charge in [-0.05, 0) is 6.92 Å². The summed E-state index contributed by atoms with van der Waals surface area (Å²) in [4.78, 5) is 13.5. The average molecular weight is 313 g/mol. The van der Waals surface area contributed by atoms with Crippen molar-refractivity contribution in [2.75, 3.05) is 44.9 Å². The smallest absolute Gasteiger partial charge is 0.158 e. The van der Waals surface area contributed by atoms with E-state index in [0.717, 1.165) is 38.7 Å². The molecule has 0 amide bonds. The van der Waals surface area contributed by atoms with E-state index in [4.69, 9.17) is 21.1 Å². The zero-order chi connectivity index (χ0) is 14.8. The van der Waals surface area contributed by atoms with Gasteiger partial charge in [0.1, 0.15) is 17.6 Å². The van der Waals surface area contributed by atoms with E-state index in [1.165, 1.54) is 0 Å². The molecule has 0 spiro atoms. The van der Waals surface area contributed by atoms with Crippen LogP contribution in [0.15, 0.2) is 6.07 Å². The second-order valence-electron chi connectivity index (χ2n) is 5.62. The third kappa shape index (κ3) is 3.29. The largest absolute Gasteiger partial charge is 0.378 e. The fourth-order valence-corrected chi connectivity index (χ4v) is 3.14. The number of hydrogen-bond acceptors (Lipinski definition) is 6. The molecule has 3 heterocycles. The lowest BCUT2D eigenvalue weighted by atomic mass is 10.1. The zero-order valence-electron chi connectivity index (χ0n) is 12.5. The van der Waals surface area contributed by atoms with Gasteiger partial charge in [-0.15, -0.1) is 0 Å². The van der Waals surface area contributed by atoms with Crippen LogP contribution in [-0.4, -0.2) is 66.9 Å². The molecule has 0 unspecified atom stereocenters. The maximum absolute atomic E-state index is 6.09. The van der Waals surface area contributed by atoms with Crippen LogP contribution in [0.5, 0.6) is 0 Å². The number of piperazine rings is 1. The summed E-state index contributed by atoms with van der Waals surface area (Å²) in [5.74, 6) is 1.51. The average Bonchev–Trinajstić information content (AvgIpc) is 2.38. The third-order valence-corrected chi connectivity index (χ3v) is 4.29. The molecule has 7 heteroatoms. The summed E-state index contributed by atoms with van der Waals surface area (Å²) in [5, 5.41) is 0.467. The van der Waals surface area contributed by atoms with Crippen LogP contribution in [0, 0.1) is 0 Å². The minimum Gasteiger partial charge on any atom is -0.378 e. The van der Waals surface area contributed by atoms with Crippen LogP contribution in [0.2, 0.25) is 5.15 Å². The molecule has 2 aliphatic heterocycles. The molecule has 0 saturated carbocycles. The number of nitrogens with zero attached hydrogens (tertiary/aromatic N) is 4. The summed E-state index contributed by atoms with van der Waals surface area (Å²) < 4.78 is 10.4. The highest BCUT2D eigenvalue weighted by atomic mass is 35.5. The lowest BCUT2D eigenvalue weighted by molar-refractivity contribution is -0.0793. The summed E-state index contributed by atoms with van der Waals surface area (Å²) in [6.07, 6.45) is 0. The molecule has 0 aromatic carbocycles. The molecular weight excluding hydrogens is 292 g/mol. The van der Waals surface area contributed by atoms with Gasteiger partial charge in [0.15, 0.2) is 5.82 Å². The van der Waals surface area contributed by atoms with Crippen LogP contribution in [0.3, 0.4) is 0 Å². The normalized spacial score (nSPS) is 24.1. The van der Waals surface area contributed by atoms with Crippen molar-refractivity contribution in [2.45, 2.75) is 25.6 Å². The molecule has 21 heavy (non-hydrogen) atoms. The van der Waals surface area contributed by atoms with Crippen molar-refractivity contribution in [3.63, 3.8) is 0 Å². The fraction of sp³-hybridized carbons (Fsp3) is 0.714. The van der Waals surface area contributed by atoms with Crippen LogP contribution in [0.4, 0.5) is 5.82 Å². The van der Waals surface area contributed by atoms with Gasteiger partial charge in [0, 0.05) is 38.9 Å². The first-order valence-electron chi connectivity index (χ1n) is 7.28. The number of anilines is 1. The molecular formula is C14H21ClN4O2. The number of halogens is 1. The van der Waals surface area contributed by atoms with Crippen molar-refractivity contribution in [3.05, 3.63) is 17.0 Å². The van der Waals surface area contributed by atoms with Gasteiger partial charge < -0.3 is 14.4 Å². The number of methoxy groups -OCH3 is 1. The Bertz CT molecular complexity index is 498. The van der Waals surface area contributed by atoms with Crippen LogP contribution in [0.25, 0.3) is 0 Å². The summed E-state index contributed by atoms with van der Waals surface area (Å²) >= 11 is 6.09. The molecule has 2 fully saturated rings. The molecule has 1 aromatic rings. The number of ether oxygens (including phenoxy) is 2. The fourth-order valence-electron chi connectivity index (χ4n) is 2.94. The van der Waals surface area contributed by atoms with Gasteiger partial charge in [0.05, 0.1) is 19.3 Å². The minimum absolute atomic E-state index is 0.377. The van der Waals surface area contributed by atoms with Gasteiger partial charge in [-0.3, -0.25) is 4.90 Å². The van der Waals surface area contributed by atoms with E-state index >= 15 is 0 Å². The molecule has 0 bridgehead atoms. The molecule has 1 aromatic heterocycles. The number of rotatable bonds is 4. The predicted octanol–water partition coefficient (Wildman–Crippen LogP) is 1.19. The van der Waals surface area contributed by atoms with Crippen LogP contribution in [-0.2, 0) is 16.1 Å². The molecule has 0 N–H and O–H groups in total. The topological polar surface area (TPSA) is 50.7 Å². The molecule has 0 radical (unpaired) electrons. The predicted molar refractivity (Wildman–Crippen MR) is 80.7 cm³/mol. The Hall–Kier alpha value is -0.950. The van der Waals surface area contributed by atoms with Crippen molar-refractivity contribution < 1.29 is 9.47 Å². The monoisotopic (exact) mass is 312 g/mol. The molecule has 2 saturated heterocycles. The highest BCUT2D eigenvalue weighted by Gasteiger charge is 2.33. The molecule has 1 atom stereocenters. The van der Waals surface area contributed by atoms with Crippen LogP contribution in [0.1, 0.15) is 12.7 Å². The van der Waals surface area contributed by atoms with E-state index in [2.05, 4.69) is 26.7 Å². The lowest BCUT2D eigenvalue weighted by Crippen LogP contribution is -2.60. The molecule has 116 valence electrons. The second kappa shape index (κ2) is 6.44. The first-order chi connectivity index (χ1) is 10.2. The highest BCUT2D eigenvalue weighted by Crippen LogP contribution is 2.23. The Balaban J connectivity index is 1.70. The highest BCUT2D eigenvalue weighted by molar-refractivity contribution is 6.29. The second-order valence-corrected chi connectivity index (χ2v) is 6.01. The maximum Gasteiger partial charge on any atom is 0.158 e. The quantitative estimate of drug-likeness (QED) is 0.778. The molecule has 3 rings (SSSR count). The lowest BCUT2D eigenvalue weighted by Gasteiger charge is -2.46. The van der Waals surface area contributed by atoms with Crippen LogP contribution >= 0.6 is 11.6 Å². The van der Waals surface area contributed by atoms with E-state index in [1.54, 1.807) is 7.11 Å². The van der Waals surface area contributed by atoms with Crippen molar-refractivity contribution in [1.29, 1.82) is 0 Å². The number of hydrogen-bond donors (Lipinski definition) is 0. The Kier molecular flexibility index (Phi) is 4.59. The Morgan fingerprint density at radius 1 is 1.38 bits per heavy atom. The van der Waals surface area contributed by atoms with Gasteiger partial charge in [0.25, 0.3) is 0 Å². The van der Waals surface area contributed by atoms with Crippen molar-refractivity contribution in [2.24, 2.45) is 0 Å². The Morgan fingerprint density at radius 3 is 2.81 bits per heavy atom. The minimum atomic E-state index is 0.377. The van der Waals surface area contributed by atoms with E-state index in [9.17, 15) is 0 Å². The van der Waals surface area contributed by atoms with E-state index in [-0.39, 0.29) is 0 Å². The first kappa shape index (κ1) is 15.0.